The Labute approximate surface area is 258 Å². The molecule has 228 valence electrons. The number of aromatic amines is 2. The van der Waals surface area contributed by atoms with Crippen molar-refractivity contribution in [1.82, 2.24) is 30.1 Å². The lowest BCUT2D eigenvalue weighted by atomic mass is 10.0. The van der Waals surface area contributed by atoms with E-state index >= 15 is 0 Å². The summed E-state index contributed by atoms with van der Waals surface area (Å²) in [7, 11) is -3.20. The number of fused-ring (bicyclic) bond motifs is 2. The Bertz CT molecular complexity index is 2190. The van der Waals surface area contributed by atoms with Gasteiger partial charge in [0.2, 0.25) is 5.91 Å². The number of halogens is 1. The summed E-state index contributed by atoms with van der Waals surface area (Å²) in [5.74, 6) is -0.441. The van der Waals surface area contributed by atoms with Crippen LogP contribution in [-0.4, -0.2) is 56.5 Å². The highest BCUT2D eigenvalue weighted by Gasteiger charge is 2.23. The fourth-order valence-corrected chi connectivity index (χ4v) is 6.62. The van der Waals surface area contributed by atoms with Gasteiger partial charge in [-0.25, -0.2) is 17.8 Å². The average Bonchev–Trinajstić information content (AvgIpc) is 3.79. The van der Waals surface area contributed by atoms with E-state index in [1.807, 2.05) is 24.3 Å². The summed E-state index contributed by atoms with van der Waals surface area (Å²) in [6.45, 7) is 0. The van der Waals surface area contributed by atoms with E-state index < -0.39 is 15.7 Å². The molecule has 6 aromatic rings. The van der Waals surface area contributed by atoms with Crippen molar-refractivity contribution in [3.05, 3.63) is 78.6 Å². The van der Waals surface area contributed by atoms with Crippen LogP contribution in [0.15, 0.2) is 67.3 Å². The summed E-state index contributed by atoms with van der Waals surface area (Å²) < 4.78 is 38.0. The number of anilines is 1. The first-order valence-corrected chi connectivity index (χ1v) is 16.8. The predicted octanol–water partition coefficient (Wildman–Crippen LogP) is 6.09. The second kappa shape index (κ2) is 11.5. The van der Waals surface area contributed by atoms with Crippen molar-refractivity contribution in [3.63, 3.8) is 0 Å². The molecule has 1 fully saturated rings. The van der Waals surface area contributed by atoms with Gasteiger partial charge in [-0.05, 0) is 67.3 Å². The summed E-state index contributed by atoms with van der Waals surface area (Å²) in [6, 6.07) is 12.2. The number of nitrogens with zero attached hydrogens (tertiary/aromatic N) is 4. The van der Waals surface area contributed by atoms with Gasteiger partial charge in [0.1, 0.15) is 15.7 Å². The molecule has 0 unspecified atom stereocenters. The topological polar surface area (TPSA) is 146 Å². The second-order valence-electron chi connectivity index (χ2n) is 11.7. The van der Waals surface area contributed by atoms with E-state index in [0.717, 1.165) is 58.8 Å². The molecule has 5 aromatic heterocycles. The van der Waals surface area contributed by atoms with E-state index in [1.165, 1.54) is 18.4 Å². The zero-order chi connectivity index (χ0) is 31.1. The molecule has 1 amide bonds. The number of aryl methyl sites for hydroxylation is 1. The lowest BCUT2D eigenvalue weighted by Gasteiger charge is -2.11. The van der Waals surface area contributed by atoms with Crippen LogP contribution in [0.2, 0.25) is 0 Å². The molecule has 0 aliphatic heterocycles. The first-order valence-electron chi connectivity index (χ1n) is 14.8. The number of hydrogen-bond donors (Lipinski definition) is 3. The largest absolute Gasteiger partial charge is 0.353 e. The molecule has 3 N–H and O–H groups in total. The molecule has 0 spiro atoms. The van der Waals surface area contributed by atoms with Crippen LogP contribution in [0, 0.1) is 11.7 Å². The smallest absolute Gasteiger partial charge is 0.227 e. The van der Waals surface area contributed by atoms with Gasteiger partial charge >= 0.3 is 0 Å². The Kier molecular flexibility index (Phi) is 7.36. The standard InChI is InChI=1S/C33H30FN7O3S/c1-45(43,44)9-7-19-10-21(12-24(34)11-19)30-26-15-29(39-28(26)6-8-36-30)31-27-14-23(17-37-32(27)41-40-31)22-13-25(18-35-16-22)38-33(42)20-4-2-3-5-20/h6,8,10-18,20,39H,2-5,7,9H2,1H3,(H,38,42)(H,37,40,41). The van der Waals surface area contributed by atoms with Crippen molar-refractivity contribution in [1.29, 1.82) is 0 Å². The van der Waals surface area contributed by atoms with Crippen molar-refractivity contribution in [2.75, 3.05) is 17.3 Å². The molecule has 0 radical (unpaired) electrons. The van der Waals surface area contributed by atoms with Crippen LogP contribution in [0.5, 0.6) is 0 Å². The zero-order valence-electron chi connectivity index (χ0n) is 24.5. The molecule has 7 rings (SSSR count). The Morgan fingerprint density at radius 3 is 2.62 bits per heavy atom. The maximum absolute atomic E-state index is 14.6. The monoisotopic (exact) mass is 623 g/mol. The number of sulfone groups is 1. The van der Waals surface area contributed by atoms with E-state index in [1.54, 1.807) is 30.9 Å². The fraction of sp³-hybridized carbons (Fsp3) is 0.242. The minimum atomic E-state index is -3.20. The SMILES string of the molecule is CS(=O)(=O)CCc1cc(F)cc(-c2nccc3[nH]c(-c4[nH]nc5ncc(-c6cncc(NC(=O)C7CCCC7)c6)cc45)cc23)c1. The summed E-state index contributed by atoms with van der Waals surface area (Å²) in [4.78, 5) is 29.6. The van der Waals surface area contributed by atoms with E-state index in [4.69, 9.17) is 0 Å². The minimum Gasteiger partial charge on any atom is -0.353 e. The third-order valence-corrected chi connectivity index (χ3v) is 9.23. The van der Waals surface area contributed by atoms with Gasteiger partial charge in [-0.2, -0.15) is 5.10 Å². The van der Waals surface area contributed by atoms with Gasteiger partial charge in [0.25, 0.3) is 0 Å². The van der Waals surface area contributed by atoms with Crippen LogP contribution in [0.1, 0.15) is 31.2 Å². The molecular weight excluding hydrogens is 593 g/mol. The van der Waals surface area contributed by atoms with Crippen molar-refractivity contribution < 1.29 is 17.6 Å². The molecule has 0 saturated heterocycles. The van der Waals surface area contributed by atoms with Crippen LogP contribution in [0.25, 0.3) is 55.7 Å². The van der Waals surface area contributed by atoms with Crippen LogP contribution < -0.4 is 5.32 Å². The number of nitrogens with one attached hydrogen (secondary N) is 3. The van der Waals surface area contributed by atoms with Gasteiger partial charge in [0.05, 0.1) is 34.7 Å². The maximum Gasteiger partial charge on any atom is 0.227 e. The molecule has 1 aliphatic carbocycles. The molecule has 12 heteroatoms. The Morgan fingerprint density at radius 1 is 0.978 bits per heavy atom. The van der Waals surface area contributed by atoms with E-state index in [0.29, 0.717) is 33.8 Å². The van der Waals surface area contributed by atoms with E-state index in [9.17, 15) is 17.6 Å². The second-order valence-corrected chi connectivity index (χ2v) is 13.9. The number of aromatic nitrogens is 6. The van der Waals surface area contributed by atoms with Gasteiger partial charge in [-0.1, -0.05) is 12.8 Å². The number of rotatable bonds is 8. The molecule has 45 heavy (non-hydrogen) atoms. The van der Waals surface area contributed by atoms with Gasteiger partial charge < -0.3 is 10.3 Å². The van der Waals surface area contributed by atoms with Gasteiger partial charge in [0.15, 0.2) is 5.65 Å². The first kappa shape index (κ1) is 28.8. The Balaban J connectivity index is 1.22. The molecule has 1 saturated carbocycles. The van der Waals surface area contributed by atoms with Crippen molar-refractivity contribution in [2.24, 2.45) is 5.92 Å². The molecular formula is C33H30FN7O3S. The summed E-state index contributed by atoms with van der Waals surface area (Å²) in [5, 5.41) is 12.1. The predicted molar refractivity (Wildman–Crippen MR) is 172 cm³/mol. The summed E-state index contributed by atoms with van der Waals surface area (Å²) >= 11 is 0. The van der Waals surface area contributed by atoms with Crippen LogP contribution >= 0.6 is 0 Å². The number of carbonyl (C=O) groups is 1. The lowest BCUT2D eigenvalue weighted by Crippen LogP contribution is -2.20. The highest BCUT2D eigenvalue weighted by molar-refractivity contribution is 7.90. The Morgan fingerprint density at radius 2 is 1.80 bits per heavy atom. The van der Waals surface area contributed by atoms with Crippen molar-refractivity contribution in [3.8, 4) is 33.8 Å². The molecule has 5 heterocycles. The number of pyridine rings is 3. The average molecular weight is 624 g/mol. The molecule has 1 aromatic carbocycles. The number of carbonyl (C=O) groups excluding carboxylic acids is 1. The normalized spacial score (nSPS) is 14.0. The highest BCUT2D eigenvalue weighted by atomic mass is 32.2. The van der Waals surface area contributed by atoms with E-state index in [2.05, 4.69) is 35.5 Å². The fourth-order valence-electron chi connectivity index (χ4n) is 6.01. The van der Waals surface area contributed by atoms with Crippen LogP contribution in [0.4, 0.5) is 10.1 Å². The Hall–Kier alpha value is -4.97. The van der Waals surface area contributed by atoms with Crippen LogP contribution in [-0.2, 0) is 21.1 Å². The highest BCUT2D eigenvalue weighted by Crippen LogP contribution is 2.35. The summed E-state index contributed by atoms with van der Waals surface area (Å²) in [5.41, 5.74) is 6.75. The van der Waals surface area contributed by atoms with E-state index in [-0.39, 0.29) is 24.0 Å². The zero-order valence-corrected chi connectivity index (χ0v) is 25.3. The third-order valence-electron chi connectivity index (χ3n) is 8.28. The summed E-state index contributed by atoms with van der Waals surface area (Å²) in [6.07, 6.45) is 12.1. The van der Waals surface area contributed by atoms with Crippen molar-refractivity contribution >= 4 is 43.4 Å². The number of amides is 1. The maximum atomic E-state index is 14.6. The number of hydrogen-bond acceptors (Lipinski definition) is 7. The van der Waals surface area contributed by atoms with Gasteiger partial charge in [0, 0.05) is 63.7 Å². The quantitative estimate of drug-likeness (QED) is 0.186. The third kappa shape index (κ3) is 6.05. The lowest BCUT2D eigenvalue weighted by molar-refractivity contribution is -0.119. The first-order chi connectivity index (χ1) is 21.7. The number of benzene rings is 1. The van der Waals surface area contributed by atoms with Crippen LogP contribution in [0.3, 0.4) is 0 Å². The molecule has 10 nitrogen and oxygen atoms in total. The molecule has 0 bridgehead atoms. The number of H-pyrrole nitrogens is 2. The van der Waals surface area contributed by atoms with Gasteiger partial charge in [-0.3, -0.25) is 19.9 Å². The minimum absolute atomic E-state index is 0.0354. The van der Waals surface area contributed by atoms with Crippen molar-refractivity contribution in [2.45, 2.75) is 32.1 Å². The van der Waals surface area contributed by atoms with Gasteiger partial charge in [-0.15, -0.1) is 0 Å². The molecule has 0 atom stereocenters. The molecule has 1 aliphatic rings.